The molecule has 0 fully saturated rings. The molecule has 0 saturated carbocycles. The van der Waals surface area contributed by atoms with E-state index in [-0.39, 0.29) is 5.41 Å². The van der Waals surface area contributed by atoms with Crippen LogP contribution in [0, 0.1) is 0 Å². The Labute approximate surface area is 337 Å². The summed E-state index contributed by atoms with van der Waals surface area (Å²) in [4.78, 5) is 2.42. The van der Waals surface area contributed by atoms with Gasteiger partial charge in [0.2, 0.25) is 0 Å². The third-order valence-electron chi connectivity index (χ3n) is 13.7. The lowest BCUT2D eigenvalue weighted by Gasteiger charge is -2.39. The van der Waals surface area contributed by atoms with Gasteiger partial charge in [0.05, 0.1) is 16.4 Å². The lowest BCUT2D eigenvalue weighted by Crippen LogP contribution is -2.31. The van der Waals surface area contributed by atoms with Crippen LogP contribution in [0.25, 0.3) is 60.5 Å². The topological polar surface area (TPSA) is 8.17 Å². The molecular formula is C56H38N2. The first kappa shape index (κ1) is 32.0. The van der Waals surface area contributed by atoms with E-state index in [0.717, 1.165) is 17.1 Å². The van der Waals surface area contributed by atoms with Gasteiger partial charge in [-0.15, -0.1) is 0 Å². The summed E-state index contributed by atoms with van der Waals surface area (Å²) in [7, 11) is 0. The second-order valence-electron chi connectivity index (χ2n) is 16.8. The number of anilines is 3. The molecule has 0 bridgehead atoms. The highest BCUT2D eigenvalue weighted by Gasteiger charge is 2.50. The average molecular weight is 739 g/mol. The van der Waals surface area contributed by atoms with Gasteiger partial charge in [0.15, 0.2) is 0 Å². The van der Waals surface area contributed by atoms with Gasteiger partial charge < -0.3 is 9.47 Å². The monoisotopic (exact) mass is 738 g/mol. The molecule has 58 heavy (non-hydrogen) atoms. The van der Waals surface area contributed by atoms with Crippen molar-refractivity contribution in [2.24, 2.45) is 0 Å². The van der Waals surface area contributed by atoms with Crippen molar-refractivity contribution in [2.75, 3.05) is 4.90 Å². The molecule has 272 valence electrons. The number of para-hydroxylation sites is 2. The fourth-order valence-electron chi connectivity index (χ4n) is 11.4. The van der Waals surface area contributed by atoms with E-state index in [9.17, 15) is 0 Å². The first-order valence-corrected chi connectivity index (χ1v) is 20.4. The largest absolute Gasteiger partial charge is 0.310 e. The Morgan fingerprint density at radius 2 is 0.914 bits per heavy atom. The van der Waals surface area contributed by atoms with E-state index in [0.29, 0.717) is 0 Å². The van der Waals surface area contributed by atoms with Crippen LogP contribution in [0.5, 0.6) is 0 Å². The molecule has 0 saturated heterocycles. The minimum atomic E-state index is -0.533. The normalized spacial score (nSPS) is 14.7. The van der Waals surface area contributed by atoms with E-state index >= 15 is 0 Å². The number of benzene rings is 9. The Kier molecular flexibility index (Phi) is 6.20. The van der Waals surface area contributed by atoms with Gasteiger partial charge in [0, 0.05) is 38.9 Å². The molecule has 3 aliphatic rings. The van der Waals surface area contributed by atoms with Crippen LogP contribution in [0.4, 0.5) is 17.1 Å². The summed E-state index contributed by atoms with van der Waals surface area (Å²) in [6, 6.07) is 72.9. The molecule has 0 aliphatic heterocycles. The van der Waals surface area contributed by atoms with Crippen molar-refractivity contribution in [3.63, 3.8) is 0 Å². The van der Waals surface area contributed by atoms with Gasteiger partial charge in [-0.05, 0) is 127 Å². The Bertz CT molecular complexity index is 3280. The van der Waals surface area contributed by atoms with E-state index in [4.69, 9.17) is 0 Å². The van der Waals surface area contributed by atoms with Crippen LogP contribution in [-0.4, -0.2) is 4.57 Å². The lowest BCUT2D eigenvalue weighted by molar-refractivity contribution is 0.660. The van der Waals surface area contributed by atoms with Crippen molar-refractivity contribution < 1.29 is 0 Å². The number of aromatic nitrogens is 1. The van der Waals surface area contributed by atoms with Crippen LogP contribution in [0.15, 0.2) is 194 Å². The predicted molar refractivity (Wildman–Crippen MR) is 241 cm³/mol. The lowest BCUT2D eigenvalue weighted by atomic mass is 9.63. The molecule has 1 spiro atoms. The van der Waals surface area contributed by atoms with Crippen molar-refractivity contribution in [1.82, 2.24) is 4.57 Å². The summed E-state index contributed by atoms with van der Waals surface area (Å²) in [6.45, 7) is 4.73. The summed E-state index contributed by atoms with van der Waals surface area (Å²) < 4.78 is 2.55. The summed E-state index contributed by atoms with van der Waals surface area (Å²) in [5.41, 5.74) is 20.0. The van der Waals surface area contributed by atoms with Crippen LogP contribution in [-0.2, 0) is 10.8 Å². The Morgan fingerprint density at radius 3 is 1.59 bits per heavy atom. The van der Waals surface area contributed by atoms with E-state index in [1.54, 1.807) is 0 Å². The zero-order valence-electron chi connectivity index (χ0n) is 32.4. The van der Waals surface area contributed by atoms with Crippen LogP contribution in [0.3, 0.4) is 0 Å². The standard InChI is InChI=1S/C56H38N2/c1-55(2)44-23-12-9-22-42(44)43-33-38(29-30-45(43)55)58-50-27-15-26-48-53(50)54-51(58)31-28-35-32-39(57(36-16-5-3-6-17-36)37-18-7-4-8-19-37)34-49(52(35)54)56(48)46-24-13-10-20-40(46)41-21-11-14-25-47(41)56/h3-34H,1-2H3. The molecule has 9 aromatic carbocycles. The van der Waals surface area contributed by atoms with Gasteiger partial charge >= 0.3 is 0 Å². The van der Waals surface area contributed by atoms with Crippen molar-refractivity contribution in [1.29, 1.82) is 0 Å². The zero-order valence-corrected chi connectivity index (χ0v) is 32.4. The highest BCUT2D eigenvalue weighted by molar-refractivity contribution is 6.27. The van der Waals surface area contributed by atoms with Crippen LogP contribution < -0.4 is 4.90 Å². The molecule has 0 amide bonds. The molecular weight excluding hydrogens is 701 g/mol. The second-order valence-corrected chi connectivity index (χ2v) is 16.8. The van der Waals surface area contributed by atoms with Gasteiger partial charge in [0.1, 0.15) is 0 Å². The molecule has 0 N–H and O–H groups in total. The molecule has 0 radical (unpaired) electrons. The number of fused-ring (bicyclic) bond motifs is 10. The summed E-state index contributed by atoms with van der Waals surface area (Å²) in [5, 5.41) is 5.27. The van der Waals surface area contributed by atoms with Crippen LogP contribution in [0.2, 0.25) is 0 Å². The summed E-state index contributed by atoms with van der Waals surface area (Å²) in [6.07, 6.45) is 0. The maximum atomic E-state index is 2.55. The van der Waals surface area contributed by atoms with Crippen molar-refractivity contribution in [2.45, 2.75) is 24.7 Å². The molecule has 2 nitrogen and oxygen atoms in total. The molecule has 1 heterocycles. The molecule has 1 aromatic heterocycles. The molecule has 2 heteroatoms. The SMILES string of the molecule is CC1(C)c2ccccc2-c2cc(-n3c4cccc5c4c4c6c(cc(N(c7ccccc7)c7ccccc7)cc6ccc43)C53c4ccccc4-c4ccccc43)ccc21. The highest BCUT2D eigenvalue weighted by Crippen LogP contribution is 2.63. The highest BCUT2D eigenvalue weighted by atomic mass is 15.1. The van der Waals surface area contributed by atoms with Crippen molar-refractivity contribution in [3.05, 3.63) is 228 Å². The molecule has 10 aromatic rings. The molecule has 0 unspecified atom stereocenters. The molecule has 3 aliphatic carbocycles. The molecule has 13 rings (SSSR count). The van der Waals surface area contributed by atoms with Crippen molar-refractivity contribution >= 4 is 49.6 Å². The third kappa shape index (κ3) is 3.88. The van der Waals surface area contributed by atoms with Crippen molar-refractivity contribution in [3.8, 4) is 27.9 Å². The minimum Gasteiger partial charge on any atom is -0.310 e. The quantitative estimate of drug-likeness (QED) is 0.175. The van der Waals surface area contributed by atoms with Gasteiger partial charge in [0.25, 0.3) is 0 Å². The first-order valence-electron chi connectivity index (χ1n) is 20.4. The third-order valence-corrected chi connectivity index (χ3v) is 13.7. The fraction of sp³-hybridized carbons (Fsp3) is 0.0714. The number of rotatable bonds is 4. The smallest absolute Gasteiger partial charge is 0.0727 e. The Morgan fingerprint density at radius 1 is 0.362 bits per heavy atom. The van der Waals surface area contributed by atoms with E-state index < -0.39 is 5.41 Å². The fourth-order valence-corrected chi connectivity index (χ4v) is 11.4. The maximum Gasteiger partial charge on any atom is 0.0727 e. The Hall–Kier alpha value is -7.16. The van der Waals surface area contributed by atoms with Gasteiger partial charge in [-0.2, -0.15) is 0 Å². The number of hydrogen-bond donors (Lipinski definition) is 0. The van der Waals surface area contributed by atoms with Crippen LogP contribution >= 0.6 is 0 Å². The summed E-state index contributed by atoms with van der Waals surface area (Å²) in [5.74, 6) is 0. The van der Waals surface area contributed by atoms with Gasteiger partial charge in [-0.25, -0.2) is 0 Å². The van der Waals surface area contributed by atoms with Gasteiger partial charge in [-0.1, -0.05) is 147 Å². The molecule has 0 atom stereocenters. The second kappa shape index (κ2) is 11.2. The van der Waals surface area contributed by atoms with Crippen LogP contribution in [0.1, 0.15) is 47.2 Å². The Balaban J connectivity index is 1.18. The minimum absolute atomic E-state index is 0.0484. The predicted octanol–water partition coefficient (Wildman–Crippen LogP) is 14.4. The van der Waals surface area contributed by atoms with E-state index in [1.165, 1.54) is 93.9 Å². The number of nitrogens with zero attached hydrogens (tertiary/aromatic N) is 2. The van der Waals surface area contributed by atoms with Gasteiger partial charge in [-0.3, -0.25) is 0 Å². The van der Waals surface area contributed by atoms with E-state index in [1.807, 2.05) is 0 Å². The number of hydrogen-bond acceptors (Lipinski definition) is 1. The zero-order chi connectivity index (χ0) is 38.3. The first-order chi connectivity index (χ1) is 28.5. The van der Waals surface area contributed by atoms with E-state index in [2.05, 4.69) is 217 Å². The maximum absolute atomic E-state index is 2.55. The average Bonchev–Trinajstić information content (AvgIpc) is 3.85. The summed E-state index contributed by atoms with van der Waals surface area (Å²) >= 11 is 0.